The van der Waals surface area contributed by atoms with E-state index in [1.807, 2.05) is 0 Å². The van der Waals surface area contributed by atoms with Crippen molar-refractivity contribution in [2.24, 2.45) is 11.7 Å². The molecule has 2 atom stereocenters. The molecule has 2 fully saturated rings. The molecular weight excluding hydrogens is 226 g/mol. The molecule has 4 heteroatoms. The van der Waals surface area contributed by atoms with E-state index in [2.05, 4.69) is 17.1 Å². The first-order valence-corrected chi connectivity index (χ1v) is 7.48. The molecule has 0 bridgehead atoms. The normalized spacial score (nSPS) is 27.7. The van der Waals surface area contributed by atoms with Gasteiger partial charge < -0.3 is 11.1 Å². The SMILES string of the molecule is CCN(CCC(=O)NC1CC1)C1CCCC1CN. The van der Waals surface area contributed by atoms with Gasteiger partial charge in [-0.25, -0.2) is 0 Å². The summed E-state index contributed by atoms with van der Waals surface area (Å²) in [4.78, 5) is 14.2. The Kier molecular flexibility index (Phi) is 5.01. The Hall–Kier alpha value is -0.610. The number of nitrogens with zero attached hydrogens (tertiary/aromatic N) is 1. The van der Waals surface area contributed by atoms with Crippen molar-refractivity contribution >= 4 is 5.91 Å². The highest BCUT2D eigenvalue weighted by Gasteiger charge is 2.30. The number of carbonyl (C=O) groups is 1. The molecule has 2 unspecified atom stereocenters. The fourth-order valence-corrected chi connectivity index (χ4v) is 3.10. The molecule has 18 heavy (non-hydrogen) atoms. The smallest absolute Gasteiger partial charge is 0.221 e. The highest BCUT2D eigenvalue weighted by Crippen LogP contribution is 2.29. The summed E-state index contributed by atoms with van der Waals surface area (Å²) in [6.45, 7) is 4.88. The van der Waals surface area contributed by atoms with Crippen LogP contribution in [0.25, 0.3) is 0 Å². The molecule has 0 spiro atoms. The molecular formula is C14H27N3O. The fraction of sp³-hybridized carbons (Fsp3) is 0.929. The van der Waals surface area contributed by atoms with Crippen molar-refractivity contribution < 1.29 is 4.79 Å². The molecule has 0 saturated heterocycles. The van der Waals surface area contributed by atoms with Crippen LogP contribution in [0.1, 0.15) is 45.4 Å². The molecule has 0 aromatic carbocycles. The van der Waals surface area contributed by atoms with E-state index in [0.717, 1.165) is 19.6 Å². The first-order chi connectivity index (χ1) is 8.74. The average Bonchev–Trinajstić information content (AvgIpc) is 3.05. The van der Waals surface area contributed by atoms with Crippen LogP contribution in [-0.4, -0.2) is 42.5 Å². The Bertz CT molecular complexity index is 278. The molecule has 2 aliphatic carbocycles. The number of rotatable bonds is 7. The molecule has 0 aromatic heterocycles. The standard InChI is InChI=1S/C14H27N3O/c1-2-17(13-5-3-4-11(13)10-15)9-8-14(18)16-12-6-7-12/h11-13H,2-10,15H2,1H3,(H,16,18). The first kappa shape index (κ1) is 13.8. The predicted octanol–water partition coefficient (Wildman–Crippen LogP) is 1.10. The van der Waals surface area contributed by atoms with Crippen LogP contribution in [0.2, 0.25) is 0 Å². The fourth-order valence-electron chi connectivity index (χ4n) is 3.10. The van der Waals surface area contributed by atoms with Crippen molar-refractivity contribution in [2.75, 3.05) is 19.6 Å². The van der Waals surface area contributed by atoms with Gasteiger partial charge in [0.1, 0.15) is 0 Å². The van der Waals surface area contributed by atoms with Crippen LogP contribution < -0.4 is 11.1 Å². The molecule has 1 amide bonds. The first-order valence-electron chi connectivity index (χ1n) is 7.48. The monoisotopic (exact) mass is 253 g/mol. The number of hydrogen-bond donors (Lipinski definition) is 2. The zero-order chi connectivity index (χ0) is 13.0. The van der Waals surface area contributed by atoms with Crippen LogP contribution in [0.15, 0.2) is 0 Å². The number of nitrogens with two attached hydrogens (primary N) is 1. The average molecular weight is 253 g/mol. The van der Waals surface area contributed by atoms with Gasteiger partial charge >= 0.3 is 0 Å². The van der Waals surface area contributed by atoms with E-state index < -0.39 is 0 Å². The van der Waals surface area contributed by atoms with E-state index in [-0.39, 0.29) is 5.91 Å². The van der Waals surface area contributed by atoms with E-state index >= 15 is 0 Å². The molecule has 2 aliphatic rings. The maximum atomic E-state index is 11.7. The van der Waals surface area contributed by atoms with Gasteiger partial charge in [-0.05, 0) is 44.7 Å². The lowest BCUT2D eigenvalue weighted by atomic mass is 10.0. The minimum Gasteiger partial charge on any atom is -0.353 e. The molecule has 0 aliphatic heterocycles. The maximum absolute atomic E-state index is 11.7. The number of amides is 1. The Labute approximate surface area is 110 Å². The minimum atomic E-state index is 0.221. The largest absolute Gasteiger partial charge is 0.353 e. The molecule has 0 aromatic rings. The molecule has 4 nitrogen and oxygen atoms in total. The summed E-state index contributed by atoms with van der Waals surface area (Å²) in [6.07, 6.45) is 6.77. The zero-order valence-corrected chi connectivity index (χ0v) is 11.5. The summed E-state index contributed by atoms with van der Waals surface area (Å²) in [6, 6.07) is 1.09. The summed E-state index contributed by atoms with van der Waals surface area (Å²) in [7, 11) is 0. The van der Waals surface area contributed by atoms with Crippen molar-refractivity contribution in [3.63, 3.8) is 0 Å². The Balaban J connectivity index is 1.75. The van der Waals surface area contributed by atoms with Gasteiger partial charge in [0.15, 0.2) is 0 Å². The van der Waals surface area contributed by atoms with Crippen LogP contribution in [0, 0.1) is 5.92 Å². The summed E-state index contributed by atoms with van der Waals surface area (Å²) in [5, 5.41) is 3.06. The van der Waals surface area contributed by atoms with Crippen molar-refractivity contribution in [1.29, 1.82) is 0 Å². The molecule has 2 saturated carbocycles. The summed E-state index contributed by atoms with van der Waals surface area (Å²) >= 11 is 0. The van der Waals surface area contributed by atoms with Crippen molar-refractivity contribution in [3.05, 3.63) is 0 Å². The predicted molar refractivity (Wildman–Crippen MR) is 73.2 cm³/mol. The Morgan fingerprint density at radius 3 is 2.72 bits per heavy atom. The third-order valence-electron chi connectivity index (χ3n) is 4.37. The lowest BCUT2D eigenvalue weighted by molar-refractivity contribution is -0.121. The topological polar surface area (TPSA) is 58.4 Å². The van der Waals surface area contributed by atoms with E-state index in [1.165, 1.54) is 32.1 Å². The van der Waals surface area contributed by atoms with Crippen molar-refractivity contribution in [2.45, 2.75) is 57.5 Å². The second-order valence-corrected chi connectivity index (χ2v) is 5.71. The molecule has 3 N–H and O–H groups in total. The molecule has 0 heterocycles. The third kappa shape index (κ3) is 3.69. The van der Waals surface area contributed by atoms with Gasteiger partial charge in [0.25, 0.3) is 0 Å². The summed E-state index contributed by atoms with van der Waals surface area (Å²) in [5.74, 6) is 0.856. The lowest BCUT2D eigenvalue weighted by Crippen LogP contribution is -2.42. The third-order valence-corrected chi connectivity index (χ3v) is 4.37. The van der Waals surface area contributed by atoms with Crippen LogP contribution in [0.5, 0.6) is 0 Å². The molecule has 2 rings (SSSR count). The Morgan fingerprint density at radius 2 is 2.11 bits per heavy atom. The minimum absolute atomic E-state index is 0.221. The van der Waals surface area contributed by atoms with Crippen LogP contribution in [-0.2, 0) is 4.79 Å². The zero-order valence-electron chi connectivity index (χ0n) is 11.5. The second-order valence-electron chi connectivity index (χ2n) is 5.71. The summed E-state index contributed by atoms with van der Waals surface area (Å²) in [5.41, 5.74) is 5.84. The van der Waals surface area contributed by atoms with Crippen molar-refractivity contribution in [1.82, 2.24) is 10.2 Å². The number of hydrogen-bond acceptors (Lipinski definition) is 3. The van der Waals surface area contributed by atoms with Gasteiger partial charge in [0.05, 0.1) is 0 Å². The number of carbonyl (C=O) groups excluding carboxylic acids is 1. The van der Waals surface area contributed by atoms with E-state index in [0.29, 0.717) is 24.4 Å². The lowest BCUT2D eigenvalue weighted by Gasteiger charge is -2.31. The highest BCUT2D eigenvalue weighted by molar-refractivity contribution is 5.76. The van der Waals surface area contributed by atoms with Crippen LogP contribution in [0.3, 0.4) is 0 Å². The van der Waals surface area contributed by atoms with Gasteiger partial charge in [0.2, 0.25) is 5.91 Å². The van der Waals surface area contributed by atoms with E-state index in [9.17, 15) is 4.79 Å². The van der Waals surface area contributed by atoms with Gasteiger partial charge in [-0.2, -0.15) is 0 Å². The van der Waals surface area contributed by atoms with Crippen LogP contribution >= 0.6 is 0 Å². The van der Waals surface area contributed by atoms with Gasteiger partial charge in [-0.3, -0.25) is 9.69 Å². The number of nitrogens with one attached hydrogen (secondary N) is 1. The van der Waals surface area contributed by atoms with Gasteiger partial charge in [-0.15, -0.1) is 0 Å². The van der Waals surface area contributed by atoms with Crippen LogP contribution in [0.4, 0.5) is 0 Å². The maximum Gasteiger partial charge on any atom is 0.221 e. The molecule has 104 valence electrons. The summed E-state index contributed by atoms with van der Waals surface area (Å²) < 4.78 is 0. The Morgan fingerprint density at radius 1 is 1.33 bits per heavy atom. The van der Waals surface area contributed by atoms with Gasteiger partial charge in [-0.1, -0.05) is 13.3 Å². The van der Waals surface area contributed by atoms with E-state index in [4.69, 9.17) is 5.73 Å². The van der Waals surface area contributed by atoms with Crippen molar-refractivity contribution in [3.8, 4) is 0 Å². The van der Waals surface area contributed by atoms with E-state index in [1.54, 1.807) is 0 Å². The highest BCUT2D eigenvalue weighted by atomic mass is 16.1. The second kappa shape index (κ2) is 6.53. The molecule has 0 radical (unpaired) electrons. The quantitative estimate of drug-likeness (QED) is 0.714. The van der Waals surface area contributed by atoms with Gasteiger partial charge in [0, 0.05) is 25.0 Å².